The zero-order valence-corrected chi connectivity index (χ0v) is 13.9. The van der Waals surface area contributed by atoms with Gasteiger partial charge < -0.3 is 10.2 Å². The third-order valence-electron chi connectivity index (χ3n) is 4.49. The molecule has 0 saturated heterocycles. The Bertz CT molecular complexity index is 1240. The van der Waals surface area contributed by atoms with E-state index in [1.54, 1.807) is 0 Å². The summed E-state index contributed by atoms with van der Waals surface area (Å²) in [5.41, 5.74) is 11.1. The molecule has 0 unspecified atom stereocenters. The number of para-hydroxylation sites is 2. The van der Waals surface area contributed by atoms with Crippen LogP contribution in [0.5, 0.6) is 0 Å². The summed E-state index contributed by atoms with van der Waals surface area (Å²) in [7, 11) is 0. The zero-order valence-electron chi connectivity index (χ0n) is 13.9. The van der Waals surface area contributed by atoms with Crippen molar-refractivity contribution in [3.8, 4) is 22.5 Å². The van der Waals surface area contributed by atoms with E-state index in [0.717, 1.165) is 44.5 Å². The Morgan fingerprint density at radius 3 is 2.31 bits per heavy atom. The first kappa shape index (κ1) is 14.7. The molecule has 5 rings (SSSR count). The van der Waals surface area contributed by atoms with Crippen LogP contribution in [0.15, 0.2) is 83.3 Å². The van der Waals surface area contributed by atoms with E-state index in [4.69, 9.17) is 10.2 Å². The maximum absolute atomic E-state index is 6.12. The minimum absolute atomic E-state index is 0.245. The van der Waals surface area contributed by atoms with E-state index in [9.17, 15) is 0 Å². The van der Waals surface area contributed by atoms with Crippen molar-refractivity contribution in [3.63, 3.8) is 0 Å². The molecule has 0 amide bonds. The minimum atomic E-state index is 0.245. The van der Waals surface area contributed by atoms with Gasteiger partial charge in [-0.15, -0.1) is 0 Å². The highest BCUT2D eigenvalue weighted by Gasteiger charge is 2.14. The molecule has 2 heterocycles. The summed E-state index contributed by atoms with van der Waals surface area (Å²) in [5.74, 6) is 0.245. The van der Waals surface area contributed by atoms with Gasteiger partial charge in [0.15, 0.2) is 0 Å². The summed E-state index contributed by atoms with van der Waals surface area (Å²) in [6.45, 7) is 0. The highest BCUT2D eigenvalue weighted by molar-refractivity contribution is 6.09. The molecular weight excluding hydrogens is 322 g/mol. The van der Waals surface area contributed by atoms with E-state index in [-0.39, 0.29) is 5.95 Å². The predicted molar refractivity (Wildman–Crippen MR) is 105 cm³/mol. The van der Waals surface area contributed by atoms with Crippen molar-refractivity contribution in [3.05, 3.63) is 78.9 Å². The van der Waals surface area contributed by atoms with Crippen LogP contribution in [0.1, 0.15) is 0 Å². The van der Waals surface area contributed by atoms with Crippen LogP contribution >= 0.6 is 0 Å². The second-order valence-corrected chi connectivity index (χ2v) is 6.14. The molecule has 2 N–H and O–H groups in total. The van der Waals surface area contributed by atoms with Gasteiger partial charge >= 0.3 is 0 Å². The molecule has 0 bridgehead atoms. The average Bonchev–Trinajstić information content (AvgIpc) is 3.07. The van der Waals surface area contributed by atoms with Gasteiger partial charge in [0.05, 0.1) is 11.4 Å². The molecule has 0 aliphatic heterocycles. The van der Waals surface area contributed by atoms with Crippen molar-refractivity contribution >= 4 is 27.9 Å². The van der Waals surface area contributed by atoms with Gasteiger partial charge in [-0.1, -0.05) is 60.7 Å². The third-order valence-corrected chi connectivity index (χ3v) is 4.49. The van der Waals surface area contributed by atoms with E-state index >= 15 is 0 Å². The lowest BCUT2D eigenvalue weighted by atomic mass is 10.0. The Kier molecular flexibility index (Phi) is 3.22. The summed E-state index contributed by atoms with van der Waals surface area (Å²) in [6.07, 6.45) is 0. The molecule has 0 saturated carbocycles. The lowest BCUT2D eigenvalue weighted by molar-refractivity contribution is 0.670. The average molecular weight is 337 g/mol. The number of rotatable bonds is 2. The van der Waals surface area contributed by atoms with Crippen LogP contribution < -0.4 is 5.73 Å². The molecule has 5 aromatic rings. The van der Waals surface area contributed by atoms with Crippen LogP contribution in [0.4, 0.5) is 5.95 Å². The first-order valence-corrected chi connectivity index (χ1v) is 8.40. The first-order valence-electron chi connectivity index (χ1n) is 8.40. The summed E-state index contributed by atoms with van der Waals surface area (Å²) < 4.78 is 6.12. The van der Waals surface area contributed by atoms with Crippen molar-refractivity contribution in [2.45, 2.75) is 0 Å². The fraction of sp³-hybridized carbons (Fsp3) is 0. The standard InChI is InChI=1S/C22H15N3O/c23-22-24-18(14-7-2-1-3-8-14)13-19(25-22)17-11-6-10-16-15-9-4-5-12-20(15)26-21(16)17/h1-13H,(H2,23,24,25). The Balaban J connectivity index is 1.77. The number of aromatic nitrogens is 2. The van der Waals surface area contributed by atoms with Crippen molar-refractivity contribution in [2.24, 2.45) is 0 Å². The largest absolute Gasteiger partial charge is 0.455 e. The van der Waals surface area contributed by atoms with E-state index in [1.807, 2.05) is 66.7 Å². The Morgan fingerprint density at radius 2 is 1.42 bits per heavy atom. The summed E-state index contributed by atoms with van der Waals surface area (Å²) in [6, 6.07) is 26.0. The molecule has 0 aliphatic carbocycles. The van der Waals surface area contributed by atoms with Crippen molar-refractivity contribution < 1.29 is 4.42 Å². The SMILES string of the molecule is Nc1nc(-c2ccccc2)cc(-c2cccc3c2oc2ccccc23)n1. The van der Waals surface area contributed by atoms with Gasteiger partial charge in [-0.3, -0.25) is 0 Å². The highest BCUT2D eigenvalue weighted by Crippen LogP contribution is 2.35. The normalized spacial score (nSPS) is 11.2. The number of hydrogen-bond acceptors (Lipinski definition) is 4. The fourth-order valence-corrected chi connectivity index (χ4v) is 3.31. The van der Waals surface area contributed by atoms with Crippen molar-refractivity contribution in [1.82, 2.24) is 9.97 Å². The Morgan fingerprint density at radius 1 is 0.692 bits per heavy atom. The first-order chi connectivity index (χ1) is 12.8. The number of nitrogen functional groups attached to an aromatic ring is 1. The molecular formula is C22H15N3O. The molecule has 124 valence electrons. The van der Waals surface area contributed by atoms with Gasteiger partial charge in [-0.05, 0) is 18.2 Å². The molecule has 2 aromatic heterocycles. The van der Waals surface area contributed by atoms with Gasteiger partial charge in [0, 0.05) is 21.9 Å². The van der Waals surface area contributed by atoms with E-state index in [2.05, 4.69) is 22.1 Å². The third kappa shape index (κ3) is 2.31. The van der Waals surface area contributed by atoms with Crippen LogP contribution in [-0.2, 0) is 0 Å². The molecule has 0 spiro atoms. The topological polar surface area (TPSA) is 64.9 Å². The second kappa shape index (κ2) is 5.70. The molecule has 0 fully saturated rings. The Hall–Kier alpha value is -3.66. The van der Waals surface area contributed by atoms with Crippen LogP contribution in [0.25, 0.3) is 44.5 Å². The summed E-state index contributed by atoms with van der Waals surface area (Å²) in [5, 5.41) is 2.16. The lowest BCUT2D eigenvalue weighted by Gasteiger charge is -2.07. The highest BCUT2D eigenvalue weighted by atomic mass is 16.3. The zero-order chi connectivity index (χ0) is 17.5. The monoisotopic (exact) mass is 337 g/mol. The van der Waals surface area contributed by atoms with Gasteiger partial charge in [-0.2, -0.15) is 0 Å². The quantitative estimate of drug-likeness (QED) is 0.475. The number of benzene rings is 3. The Labute approximate surface area is 149 Å². The molecule has 3 aromatic carbocycles. The summed E-state index contributed by atoms with van der Waals surface area (Å²) in [4.78, 5) is 8.85. The molecule has 26 heavy (non-hydrogen) atoms. The number of hydrogen-bond donors (Lipinski definition) is 1. The number of fused-ring (bicyclic) bond motifs is 3. The second-order valence-electron chi connectivity index (χ2n) is 6.14. The predicted octanol–water partition coefficient (Wildman–Crippen LogP) is 5.29. The fourth-order valence-electron chi connectivity index (χ4n) is 3.31. The van der Waals surface area contributed by atoms with Gasteiger partial charge in [0.2, 0.25) is 5.95 Å². The molecule has 4 nitrogen and oxygen atoms in total. The number of anilines is 1. The smallest absolute Gasteiger partial charge is 0.221 e. The maximum Gasteiger partial charge on any atom is 0.221 e. The van der Waals surface area contributed by atoms with Gasteiger partial charge in [-0.25, -0.2) is 9.97 Å². The number of nitrogens with zero attached hydrogens (tertiary/aromatic N) is 2. The van der Waals surface area contributed by atoms with E-state index in [0.29, 0.717) is 0 Å². The lowest BCUT2D eigenvalue weighted by Crippen LogP contribution is -1.98. The van der Waals surface area contributed by atoms with E-state index in [1.165, 1.54) is 0 Å². The molecule has 0 radical (unpaired) electrons. The summed E-state index contributed by atoms with van der Waals surface area (Å²) >= 11 is 0. The number of furan rings is 1. The van der Waals surface area contributed by atoms with Crippen LogP contribution in [0.2, 0.25) is 0 Å². The van der Waals surface area contributed by atoms with Crippen LogP contribution in [-0.4, -0.2) is 9.97 Å². The minimum Gasteiger partial charge on any atom is -0.455 e. The van der Waals surface area contributed by atoms with E-state index < -0.39 is 0 Å². The molecule has 4 heteroatoms. The maximum atomic E-state index is 6.12. The van der Waals surface area contributed by atoms with Crippen LogP contribution in [0, 0.1) is 0 Å². The number of nitrogens with two attached hydrogens (primary N) is 1. The molecule has 0 atom stereocenters. The van der Waals surface area contributed by atoms with Gasteiger partial charge in [0.1, 0.15) is 11.2 Å². The molecule has 0 aliphatic rings. The van der Waals surface area contributed by atoms with Crippen molar-refractivity contribution in [2.75, 3.05) is 5.73 Å². The van der Waals surface area contributed by atoms with Crippen molar-refractivity contribution in [1.29, 1.82) is 0 Å². The van der Waals surface area contributed by atoms with Crippen LogP contribution in [0.3, 0.4) is 0 Å². The van der Waals surface area contributed by atoms with Gasteiger partial charge in [0.25, 0.3) is 0 Å².